The van der Waals surface area contributed by atoms with Gasteiger partial charge in [0.1, 0.15) is 34.5 Å². The Morgan fingerprint density at radius 3 is 2.57 bits per heavy atom. The van der Waals surface area contributed by atoms with E-state index in [-0.39, 0.29) is 40.5 Å². The molecule has 16 heteroatoms. The summed E-state index contributed by atoms with van der Waals surface area (Å²) in [4.78, 5) is 25.4. The Balaban J connectivity index is 1.54. The number of ether oxygens (including phenoxy) is 2. The van der Waals surface area contributed by atoms with Crippen LogP contribution in [-0.4, -0.2) is 51.7 Å². The van der Waals surface area contributed by atoms with Gasteiger partial charge in [-0.25, -0.2) is 9.97 Å². The predicted octanol–water partition coefficient (Wildman–Crippen LogP) is 5.99. The van der Waals surface area contributed by atoms with Crippen molar-refractivity contribution in [3.05, 3.63) is 57.2 Å². The standard InChI is InChI=1S/C26H30ClF3N8O3Si/c1-37-13-16(26(28,29)30)9-18(24(37)39)35-25-36-23-21(38(25)2)20(27)19(12-33-23)41-17-8-15(10-31)22(32-11-17)34-14-40-6-7-42(3,4)5/h8-13,31H,6-7,14H2,1-5H3,(H,32,34)(H,33,35,36). The minimum Gasteiger partial charge on any atom is -0.452 e. The molecular formula is C26H30ClF3N8O3Si. The molecule has 3 N–H and O–H groups in total. The Kier molecular flexibility index (Phi) is 8.94. The van der Waals surface area contributed by atoms with Gasteiger partial charge in [-0.05, 0) is 18.2 Å². The van der Waals surface area contributed by atoms with Crippen LogP contribution in [0.5, 0.6) is 11.5 Å². The van der Waals surface area contributed by atoms with Crippen molar-refractivity contribution in [2.24, 2.45) is 14.1 Å². The minimum atomic E-state index is -4.65. The third-order valence-electron chi connectivity index (χ3n) is 6.18. The van der Waals surface area contributed by atoms with Crippen LogP contribution in [0, 0.1) is 5.41 Å². The highest BCUT2D eigenvalue weighted by atomic mass is 35.5. The maximum Gasteiger partial charge on any atom is 0.417 e. The molecule has 4 heterocycles. The number of fused-ring (bicyclic) bond motifs is 1. The van der Waals surface area contributed by atoms with Gasteiger partial charge >= 0.3 is 6.18 Å². The van der Waals surface area contributed by atoms with E-state index in [1.807, 2.05) is 0 Å². The predicted molar refractivity (Wildman–Crippen MR) is 158 cm³/mol. The molecule has 0 fully saturated rings. The van der Waals surface area contributed by atoms with Crippen LogP contribution in [0.1, 0.15) is 11.1 Å². The molecule has 4 aromatic rings. The van der Waals surface area contributed by atoms with Gasteiger partial charge in [-0.2, -0.15) is 18.2 Å². The number of alkyl halides is 3. The zero-order valence-electron chi connectivity index (χ0n) is 23.6. The van der Waals surface area contributed by atoms with Crippen molar-refractivity contribution in [2.45, 2.75) is 31.9 Å². The molecule has 0 amide bonds. The lowest BCUT2D eigenvalue weighted by Gasteiger charge is -2.16. The largest absolute Gasteiger partial charge is 0.452 e. The van der Waals surface area contributed by atoms with E-state index >= 15 is 0 Å². The third kappa shape index (κ3) is 7.09. The third-order valence-corrected chi connectivity index (χ3v) is 8.25. The number of aromatic nitrogens is 5. The van der Waals surface area contributed by atoms with Crippen LogP contribution in [0.25, 0.3) is 11.2 Å². The molecule has 0 spiro atoms. The highest BCUT2D eigenvalue weighted by molar-refractivity contribution is 6.76. The number of aryl methyl sites for hydroxylation is 2. The first-order valence-electron chi connectivity index (χ1n) is 12.7. The van der Waals surface area contributed by atoms with E-state index in [4.69, 9.17) is 26.5 Å². The van der Waals surface area contributed by atoms with Gasteiger partial charge in [0.05, 0.1) is 18.0 Å². The van der Waals surface area contributed by atoms with E-state index in [2.05, 4.69) is 45.2 Å². The van der Waals surface area contributed by atoms with Crippen LogP contribution < -0.4 is 20.9 Å². The Morgan fingerprint density at radius 2 is 1.90 bits per heavy atom. The summed E-state index contributed by atoms with van der Waals surface area (Å²) < 4.78 is 53.7. The number of nitrogens with zero attached hydrogens (tertiary/aromatic N) is 5. The number of anilines is 3. The van der Waals surface area contributed by atoms with E-state index in [0.717, 1.165) is 29.1 Å². The quantitative estimate of drug-likeness (QED) is 0.0804. The Hall–Kier alpha value is -3.95. The molecule has 224 valence electrons. The molecule has 0 aliphatic heterocycles. The van der Waals surface area contributed by atoms with Crippen LogP contribution in [0.15, 0.2) is 35.5 Å². The van der Waals surface area contributed by atoms with Crippen molar-refractivity contribution in [1.29, 1.82) is 5.41 Å². The Labute approximate surface area is 245 Å². The fourth-order valence-electron chi connectivity index (χ4n) is 3.84. The van der Waals surface area contributed by atoms with E-state index in [9.17, 15) is 18.0 Å². The van der Waals surface area contributed by atoms with Gasteiger partial charge in [-0.1, -0.05) is 31.2 Å². The molecule has 0 atom stereocenters. The molecule has 0 aliphatic rings. The Morgan fingerprint density at radius 1 is 1.17 bits per heavy atom. The molecule has 4 rings (SSSR count). The van der Waals surface area contributed by atoms with Crippen molar-refractivity contribution in [1.82, 2.24) is 24.1 Å². The topological polar surface area (TPSA) is 132 Å². The van der Waals surface area contributed by atoms with Gasteiger partial charge in [0.15, 0.2) is 11.4 Å². The van der Waals surface area contributed by atoms with Crippen LogP contribution in [0.4, 0.5) is 30.6 Å². The second-order valence-corrected chi connectivity index (χ2v) is 16.7. The number of nitrogens with one attached hydrogen (secondary N) is 3. The first-order chi connectivity index (χ1) is 19.7. The van der Waals surface area contributed by atoms with E-state index in [1.54, 1.807) is 13.1 Å². The molecule has 4 aromatic heterocycles. The zero-order chi connectivity index (χ0) is 30.8. The van der Waals surface area contributed by atoms with Gasteiger partial charge in [-0.3, -0.25) is 4.79 Å². The second-order valence-electron chi connectivity index (χ2n) is 10.7. The van der Waals surface area contributed by atoms with Crippen LogP contribution >= 0.6 is 11.6 Å². The molecule has 11 nitrogen and oxygen atoms in total. The van der Waals surface area contributed by atoms with E-state index in [1.165, 1.54) is 24.0 Å². The SMILES string of the molecule is Cn1cc(C(F)(F)F)cc(Nc2nc3ncc(Oc4cnc(NCOCC[Si](C)(C)C)c(C=N)c4)c(Cl)c3n2C)c1=O. The summed E-state index contributed by atoms with van der Waals surface area (Å²) in [6.45, 7) is 7.69. The van der Waals surface area contributed by atoms with Crippen molar-refractivity contribution in [3.8, 4) is 11.5 Å². The van der Waals surface area contributed by atoms with E-state index in [0.29, 0.717) is 23.5 Å². The number of hydrogen-bond acceptors (Lipinski definition) is 9. The van der Waals surface area contributed by atoms with Crippen LogP contribution in [-0.2, 0) is 25.0 Å². The highest BCUT2D eigenvalue weighted by Gasteiger charge is 2.32. The van der Waals surface area contributed by atoms with Gasteiger partial charge in [-0.15, -0.1) is 0 Å². The van der Waals surface area contributed by atoms with Gasteiger partial charge < -0.3 is 34.7 Å². The number of pyridine rings is 3. The van der Waals surface area contributed by atoms with Gasteiger partial charge in [0.2, 0.25) is 5.95 Å². The lowest BCUT2D eigenvalue weighted by atomic mass is 10.2. The lowest BCUT2D eigenvalue weighted by molar-refractivity contribution is -0.138. The molecule has 0 saturated heterocycles. The lowest BCUT2D eigenvalue weighted by Crippen LogP contribution is -2.23. The summed E-state index contributed by atoms with van der Waals surface area (Å²) >= 11 is 6.63. The van der Waals surface area contributed by atoms with Crippen molar-refractivity contribution < 1.29 is 22.6 Å². The maximum atomic E-state index is 13.3. The summed E-state index contributed by atoms with van der Waals surface area (Å²) in [5.41, 5.74) is -1.04. The highest BCUT2D eigenvalue weighted by Crippen LogP contribution is 2.36. The van der Waals surface area contributed by atoms with Crippen molar-refractivity contribution in [2.75, 3.05) is 24.0 Å². The molecular weight excluding hydrogens is 593 g/mol. The van der Waals surface area contributed by atoms with Crippen molar-refractivity contribution >= 4 is 54.5 Å². The van der Waals surface area contributed by atoms with Gasteiger partial charge in [0.25, 0.3) is 5.56 Å². The number of imidazole rings is 1. The van der Waals surface area contributed by atoms with Crippen LogP contribution in [0.2, 0.25) is 30.7 Å². The normalized spacial score (nSPS) is 12.0. The smallest absolute Gasteiger partial charge is 0.417 e. The van der Waals surface area contributed by atoms with E-state index < -0.39 is 25.4 Å². The first kappa shape index (κ1) is 31.0. The number of rotatable bonds is 11. The monoisotopic (exact) mass is 622 g/mol. The zero-order valence-corrected chi connectivity index (χ0v) is 25.3. The van der Waals surface area contributed by atoms with Gasteiger partial charge in [0, 0.05) is 46.8 Å². The summed E-state index contributed by atoms with van der Waals surface area (Å²) in [5.74, 6) is 0.938. The second kappa shape index (κ2) is 12.1. The average molecular weight is 623 g/mol. The van der Waals surface area contributed by atoms with Crippen molar-refractivity contribution in [3.63, 3.8) is 0 Å². The molecule has 0 bridgehead atoms. The molecule has 0 unspecified atom stereocenters. The minimum absolute atomic E-state index is 0.0447. The molecule has 0 aliphatic carbocycles. The maximum absolute atomic E-state index is 13.3. The number of halogens is 4. The first-order valence-corrected chi connectivity index (χ1v) is 16.8. The molecule has 0 aromatic carbocycles. The summed E-state index contributed by atoms with van der Waals surface area (Å²) in [5, 5.41) is 13.6. The summed E-state index contributed by atoms with van der Waals surface area (Å²) in [6, 6.07) is 3.35. The fourth-order valence-corrected chi connectivity index (χ4v) is 4.90. The Bertz CT molecular complexity index is 1680. The number of hydrogen-bond donors (Lipinski definition) is 3. The summed E-state index contributed by atoms with van der Waals surface area (Å²) in [7, 11) is 1.59. The fraction of sp³-hybridized carbons (Fsp3) is 0.346. The average Bonchev–Trinajstić information content (AvgIpc) is 3.22. The molecule has 42 heavy (non-hydrogen) atoms. The van der Waals surface area contributed by atoms with Crippen LogP contribution in [0.3, 0.4) is 0 Å². The molecule has 0 saturated carbocycles. The summed E-state index contributed by atoms with van der Waals surface area (Å²) in [6.07, 6.45) is -0.00237. The molecule has 0 radical (unpaired) electrons.